The zero-order valence-corrected chi connectivity index (χ0v) is 12.4. The molecule has 0 aliphatic heterocycles. The molecule has 1 saturated carbocycles. The van der Waals surface area contributed by atoms with Crippen molar-refractivity contribution >= 4 is 11.6 Å². The largest absolute Gasteiger partial charge is 0.371 e. The maximum Gasteiger partial charge on any atom is 0.243 e. The Morgan fingerprint density at radius 3 is 2.40 bits per heavy atom. The Kier molecular flexibility index (Phi) is 3.76. The molecule has 3 nitrogen and oxygen atoms in total. The van der Waals surface area contributed by atoms with Crippen molar-refractivity contribution in [3.63, 3.8) is 0 Å². The molecule has 20 heavy (non-hydrogen) atoms. The number of hydrogen-bond donors (Lipinski definition) is 2. The number of halogens is 1. The molecule has 1 amide bonds. The van der Waals surface area contributed by atoms with Crippen LogP contribution in [0.2, 0.25) is 0 Å². The lowest BCUT2D eigenvalue weighted by Gasteiger charge is -2.47. The molecular weight excluding hydrogens is 255 g/mol. The van der Waals surface area contributed by atoms with E-state index in [9.17, 15) is 9.18 Å². The van der Waals surface area contributed by atoms with Crippen molar-refractivity contribution in [1.82, 2.24) is 0 Å². The van der Waals surface area contributed by atoms with Gasteiger partial charge in [0.2, 0.25) is 5.91 Å². The van der Waals surface area contributed by atoms with Crippen molar-refractivity contribution in [1.29, 1.82) is 0 Å². The monoisotopic (exact) mass is 278 g/mol. The van der Waals surface area contributed by atoms with Crippen LogP contribution in [-0.4, -0.2) is 11.4 Å². The van der Waals surface area contributed by atoms with Gasteiger partial charge in [-0.3, -0.25) is 4.79 Å². The molecule has 0 spiro atoms. The van der Waals surface area contributed by atoms with Crippen molar-refractivity contribution in [2.24, 2.45) is 17.1 Å². The molecule has 0 radical (unpaired) electrons. The fourth-order valence-electron chi connectivity index (χ4n) is 3.29. The highest BCUT2D eigenvalue weighted by atomic mass is 19.1. The van der Waals surface area contributed by atoms with Gasteiger partial charge in [0.1, 0.15) is 11.4 Å². The summed E-state index contributed by atoms with van der Waals surface area (Å²) >= 11 is 0. The van der Waals surface area contributed by atoms with E-state index in [-0.39, 0.29) is 23.1 Å². The predicted molar refractivity (Wildman–Crippen MR) is 78.7 cm³/mol. The number of anilines is 1. The molecule has 2 atom stereocenters. The Labute approximate surface area is 119 Å². The Morgan fingerprint density at radius 2 is 1.90 bits per heavy atom. The summed E-state index contributed by atoms with van der Waals surface area (Å²) in [5, 5.41) is 3.27. The number of carbonyl (C=O) groups excluding carboxylic acids is 1. The topological polar surface area (TPSA) is 55.1 Å². The number of nitrogens with two attached hydrogens (primary N) is 1. The summed E-state index contributed by atoms with van der Waals surface area (Å²) in [6.45, 7) is 6.49. The molecule has 0 heterocycles. The fourth-order valence-corrected chi connectivity index (χ4v) is 3.29. The summed E-state index contributed by atoms with van der Waals surface area (Å²) in [6, 6.07) is 6.06. The van der Waals surface area contributed by atoms with Gasteiger partial charge in [-0.15, -0.1) is 0 Å². The van der Waals surface area contributed by atoms with E-state index in [0.29, 0.717) is 6.42 Å². The molecule has 3 N–H and O–H groups in total. The average Bonchev–Trinajstić information content (AvgIpc) is 2.34. The fraction of sp³-hybridized carbons (Fsp3) is 0.562. The lowest BCUT2D eigenvalue weighted by Crippen LogP contribution is -2.58. The minimum atomic E-state index is -0.743. The third-order valence-corrected chi connectivity index (χ3v) is 4.55. The van der Waals surface area contributed by atoms with Crippen molar-refractivity contribution in [3.8, 4) is 0 Å². The van der Waals surface area contributed by atoms with E-state index in [1.165, 1.54) is 12.1 Å². The number of rotatable bonds is 3. The van der Waals surface area contributed by atoms with Crippen LogP contribution < -0.4 is 11.1 Å². The van der Waals surface area contributed by atoms with Gasteiger partial charge in [-0.25, -0.2) is 4.39 Å². The summed E-state index contributed by atoms with van der Waals surface area (Å²) < 4.78 is 13.0. The zero-order valence-electron chi connectivity index (χ0n) is 12.4. The van der Waals surface area contributed by atoms with Crippen LogP contribution >= 0.6 is 0 Å². The minimum absolute atomic E-state index is 0.133. The molecule has 1 aliphatic rings. The molecule has 0 bridgehead atoms. The van der Waals surface area contributed by atoms with Crippen molar-refractivity contribution in [3.05, 3.63) is 30.1 Å². The summed E-state index contributed by atoms with van der Waals surface area (Å²) in [5.74, 6) is -0.486. The second-order valence-corrected chi connectivity index (χ2v) is 6.74. The van der Waals surface area contributed by atoms with Gasteiger partial charge in [-0.1, -0.05) is 20.8 Å². The summed E-state index contributed by atoms with van der Waals surface area (Å²) in [7, 11) is 0. The highest BCUT2D eigenvalue weighted by molar-refractivity contribution is 5.88. The van der Waals surface area contributed by atoms with Crippen LogP contribution in [0.4, 0.5) is 10.1 Å². The zero-order chi connectivity index (χ0) is 15.0. The first-order valence-electron chi connectivity index (χ1n) is 7.09. The third-order valence-electron chi connectivity index (χ3n) is 4.55. The highest BCUT2D eigenvalue weighted by Gasteiger charge is 2.48. The lowest BCUT2D eigenvalue weighted by atomic mass is 9.63. The van der Waals surface area contributed by atoms with Crippen molar-refractivity contribution in [2.75, 3.05) is 5.32 Å². The van der Waals surface area contributed by atoms with Gasteiger partial charge in [0.25, 0.3) is 0 Å². The SMILES string of the molecule is CC1CC(C)(C)CCC1(Nc1ccc(F)cc1)C(N)=O. The van der Waals surface area contributed by atoms with E-state index in [1.54, 1.807) is 12.1 Å². The minimum Gasteiger partial charge on any atom is -0.371 e. The van der Waals surface area contributed by atoms with Gasteiger partial charge in [0.05, 0.1) is 0 Å². The van der Waals surface area contributed by atoms with E-state index in [4.69, 9.17) is 5.73 Å². The first-order chi connectivity index (χ1) is 9.25. The normalized spacial score (nSPS) is 28.9. The van der Waals surface area contributed by atoms with E-state index in [1.807, 2.05) is 0 Å². The lowest BCUT2D eigenvalue weighted by molar-refractivity contribution is -0.126. The van der Waals surface area contributed by atoms with Crippen LogP contribution in [0, 0.1) is 17.2 Å². The predicted octanol–water partition coefficient (Wildman–Crippen LogP) is 3.31. The maximum absolute atomic E-state index is 13.0. The van der Waals surface area contributed by atoms with Gasteiger partial charge in [0, 0.05) is 5.69 Å². The van der Waals surface area contributed by atoms with Crippen LogP contribution in [0.1, 0.15) is 40.0 Å². The van der Waals surface area contributed by atoms with Crippen LogP contribution in [0.25, 0.3) is 0 Å². The number of carbonyl (C=O) groups is 1. The Morgan fingerprint density at radius 1 is 1.30 bits per heavy atom. The quantitative estimate of drug-likeness (QED) is 0.891. The summed E-state index contributed by atoms with van der Waals surface area (Å²) in [4.78, 5) is 12.1. The number of benzene rings is 1. The molecule has 2 rings (SSSR count). The third kappa shape index (κ3) is 2.79. The Hall–Kier alpha value is -1.58. The average molecular weight is 278 g/mol. The van der Waals surface area contributed by atoms with Gasteiger partial charge < -0.3 is 11.1 Å². The van der Waals surface area contributed by atoms with Gasteiger partial charge in [-0.2, -0.15) is 0 Å². The smallest absolute Gasteiger partial charge is 0.243 e. The van der Waals surface area contributed by atoms with Gasteiger partial charge in [-0.05, 0) is 54.9 Å². The maximum atomic E-state index is 13.0. The van der Waals surface area contributed by atoms with Crippen molar-refractivity contribution < 1.29 is 9.18 Å². The molecule has 0 saturated heterocycles. The van der Waals surface area contributed by atoms with Gasteiger partial charge in [0.15, 0.2) is 0 Å². The number of hydrogen-bond acceptors (Lipinski definition) is 2. The highest BCUT2D eigenvalue weighted by Crippen LogP contribution is 2.45. The molecule has 2 unspecified atom stereocenters. The van der Waals surface area contributed by atoms with Crippen LogP contribution in [0.5, 0.6) is 0 Å². The van der Waals surface area contributed by atoms with E-state index in [2.05, 4.69) is 26.1 Å². The Balaban J connectivity index is 2.27. The van der Waals surface area contributed by atoms with E-state index < -0.39 is 5.54 Å². The molecule has 4 heteroatoms. The number of amides is 1. The first kappa shape index (κ1) is 14.8. The van der Waals surface area contributed by atoms with E-state index >= 15 is 0 Å². The van der Waals surface area contributed by atoms with Crippen molar-refractivity contribution in [2.45, 2.75) is 45.6 Å². The second-order valence-electron chi connectivity index (χ2n) is 6.74. The van der Waals surface area contributed by atoms with E-state index in [0.717, 1.165) is 18.5 Å². The molecule has 1 aliphatic carbocycles. The molecule has 0 aromatic heterocycles. The molecule has 110 valence electrons. The summed E-state index contributed by atoms with van der Waals surface area (Å²) in [6.07, 6.45) is 2.58. The Bertz CT molecular complexity index is 498. The van der Waals surface area contributed by atoms with Crippen LogP contribution in [0.15, 0.2) is 24.3 Å². The molecular formula is C16H23FN2O. The standard InChI is InChI=1S/C16H23FN2O/c1-11-10-15(2,3)8-9-16(11,14(18)20)19-13-6-4-12(17)5-7-13/h4-7,11,19H,8-10H2,1-3H3,(H2,18,20). The van der Waals surface area contributed by atoms with Crippen LogP contribution in [0.3, 0.4) is 0 Å². The molecule has 1 fully saturated rings. The number of nitrogens with one attached hydrogen (secondary N) is 1. The second kappa shape index (κ2) is 5.08. The van der Waals surface area contributed by atoms with Crippen LogP contribution in [-0.2, 0) is 4.79 Å². The molecule has 1 aromatic carbocycles. The number of primary amides is 1. The summed E-state index contributed by atoms with van der Waals surface area (Å²) in [5.41, 5.74) is 5.90. The first-order valence-corrected chi connectivity index (χ1v) is 7.09. The molecule has 1 aromatic rings. The van der Waals surface area contributed by atoms with Gasteiger partial charge >= 0.3 is 0 Å².